The minimum absolute atomic E-state index is 0.158. The van der Waals surface area contributed by atoms with E-state index in [-0.39, 0.29) is 5.41 Å². The fraction of sp³-hybridized carbons (Fsp3) is 0.571. The normalized spacial score (nSPS) is 26.4. The number of hydrogen-bond acceptors (Lipinski definition) is 3. The monoisotopic (exact) mass is 234 g/mol. The number of rotatable bonds is 3. The number of hydrogen-bond donors (Lipinski definition) is 2. The quantitative estimate of drug-likeness (QED) is 0.791. The predicted molar refractivity (Wildman–Crippen MR) is 72.2 cm³/mol. The molecule has 1 fully saturated rings. The maximum Gasteiger partial charge on any atom is 0.0661 e. The molecule has 2 atom stereocenters. The topological polar surface area (TPSA) is 47.3 Å². The molecule has 0 aromatic heterocycles. The predicted octanol–water partition coefficient (Wildman–Crippen LogP) is 2.80. The summed E-state index contributed by atoms with van der Waals surface area (Å²) in [5.74, 6) is 0. The Morgan fingerprint density at radius 3 is 2.71 bits per heavy atom. The molecule has 0 aliphatic heterocycles. The van der Waals surface area contributed by atoms with Crippen molar-refractivity contribution in [1.29, 1.82) is 0 Å². The molecule has 1 aliphatic rings. The SMILES string of the molecule is COC1CC(Nc2cccc(C)c2N)C1(C)C. The molecule has 0 bridgehead atoms. The van der Waals surface area contributed by atoms with Crippen LogP contribution in [-0.2, 0) is 4.74 Å². The van der Waals surface area contributed by atoms with Gasteiger partial charge in [0.1, 0.15) is 0 Å². The summed E-state index contributed by atoms with van der Waals surface area (Å²) in [7, 11) is 1.78. The summed E-state index contributed by atoms with van der Waals surface area (Å²) in [4.78, 5) is 0. The smallest absolute Gasteiger partial charge is 0.0661 e. The number of aryl methyl sites for hydroxylation is 1. The minimum Gasteiger partial charge on any atom is -0.397 e. The van der Waals surface area contributed by atoms with Gasteiger partial charge in [0, 0.05) is 18.6 Å². The largest absolute Gasteiger partial charge is 0.397 e. The number of nitrogen functional groups attached to an aromatic ring is 1. The summed E-state index contributed by atoms with van der Waals surface area (Å²) in [5, 5.41) is 3.54. The second-order valence-electron chi connectivity index (χ2n) is 5.51. The first-order valence-corrected chi connectivity index (χ1v) is 6.11. The third-order valence-corrected chi connectivity index (χ3v) is 4.12. The van der Waals surface area contributed by atoms with Crippen LogP contribution >= 0.6 is 0 Å². The highest BCUT2D eigenvalue weighted by Crippen LogP contribution is 2.44. The fourth-order valence-corrected chi connectivity index (χ4v) is 2.52. The Kier molecular flexibility index (Phi) is 3.04. The molecule has 0 heterocycles. The van der Waals surface area contributed by atoms with E-state index >= 15 is 0 Å². The van der Waals surface area contributed by atoms with Crippen LogP contribution in [-0.4, -0.2) is 19.3 Å². The lowest BCUT2D eigenvalue weighted by Gasteiger charge is -2.51. The van der Waals surface area contributed by atoms with Crippen LogP contribution in [0, 0.1) is 12.3 Å². The van der Waals surface area contributed by atoms with Crippen molar-refractivity contribution in [3.05, 3.63) is 23.8 Å². The van der Waals surface area contributed by atoms with Crippen LogP contribution in [0.5, 0.6) is 0 Å². The second-order valence-corrected chi connectivity index (χ2v) is 5.51. The zero-order chi connectivity index (χ0) is 12.6. The number of ether oxygens (including phenoxy) is 1. The third kappa shape index (κ3) is 2.00. The van der Waals surface area contributed by atoms with Gasteiger partial charge in [-0.15, -0.1) is 0 Å². The Balaban J connectivity index is 2.11. The Hall–Kier alpha value is -1.22. The molecule has 0 radical (unpaired) electrons. The van der Waals surface area contributed by atoms with Gasteiger partial charge in [-0.1, -0.05) is 26.0 Å². The molecule has 2 unspecified atom stereocenters. The van der Waals surface area contributed by atoms with E-state index in [1.807, 2.05) is 25.1 Å². The van der Waals surface area contributed by atoms with Crippen molar-refractivity contribution in [3.63, 3.8) is 0 Å². The second kappa shape index (κ2) is 4.22. The maximum atomic E-state index is 6.07. The average Bonchev–Trinajstić information content (AvgIpc) is 2.29. The summed E-state index contributed by atoms with van der Waals surface area (Å²) < 4.78 is 5.45. The molecular formula is C14H22N2O. The van der Waals surface area contributed by atoms with Gasteiger partial charge in [-0.25, -0.2) is 0 Å². The molecule has 17 heavy (non-hydrogen) atoms. The van der Waals surface area contributed by atoms with E-state index in [0.717, 1.165) is 23.4 Å². The van der Waals surface area contributed by atoms with Crippen molar-refractivity contribution in [3.8, 4) is 0 Å². The molecule has 1 saturated carbocycles. The molecule has 3 N–H and O–H groups in total. The van der Waals surface area contributed by atoms with Gasteiger partial charge >= 0.3 is 0 Å². The fourth-order valence-electron chi connectivity index (χ4n) is 2.52. The molecule has 3 heteroatoms. The Bertz CT molecular complexity index is 415. The zero-order valence-electron chi connectivity index (χ0n) is 11.1. The highest BCUT2D eigenvalue weighted by molar-refractivity contribution is 5.70. The van der Waals surface area contributed by atoms with Crippen molar-refractivity contribution in [2.75, 3.05) is 18.2 Å². The number of methoxy groups -OCH3 is 1. The first kappa shape index (κ1) is 12.2. The molecule has 0 spiro atoms. The van der Waals surface area contributed by atoms with Gasteiger partial charge in [-0.3, -0.25) is 0 Å². The summed E-state index contributed by atoms with van der Waals surface area (Å²) >= 11 is 0. The highest BCUT2D eigenvalue weighted by Gasteiger charge is 2.48. The molecule has 0 saturated heterocycles. The number of nitrogens with one attached hydrogen (secondary N) is 1. The molecule has 3 nitrogen and oxygen atoms in total. The van der Waals surface area contributed by atoms with Gasteiger partial charge in [0.05, 0.1) is 17.5 Å². The van der Waals surface area contributed by atoms with Crippen LogP contribution in [0.2, 0.25) is 0 Å². The third-order valence-electron chi connectivity index (χ3n) is 4.12. The molecule has 0 amide bonds. The first-order chi connectivity index (χ1) is 7.96. The molecule has 2 rings (SSSR count). The van der Waals surface area contributed by atoms with E-state index in [9.17, 15) is 0 Å². The van der Waals surface area contributed by atoms with Crippen LogP contribution in [0.3, 0.4) is 0 Å². The number of para-hydroxylation sites is 1. The Labute approximate surface area is 103 Å². The Morgan fingerprint density at radius 2 is 2.12 bits per heavy atom. The van der Waals surface area contributed by atoms with Crippen molar-refractivity contribution < 1.29 is 4.74 Å². The lowest BCUT2D eigenvalue weighted by molar-refractivity contribution is -0.0794. The summed E-state index contributed by atoms with van der Waals surface area (Å²) in [6.45, 7) is 6.49. The van der Waals surface area contributed by atoms with Crippen molar-refractivity contribution in [1.82, 2.24) is 0 Å². The molecule has 1 aliphatic carbocycles. The van der Waals surface area contributed by atoms with Crippen molar-refractivity contribution >= 4 is 11.4 Å². The first-order valence-electron chi connectivity index (χ1n) is 6.11. The lowest BCUT2D eigenvalue weighted by Crippen LogP contribution is -2.57. The minimum atomic E-state index is 0.158. The highest BCUT2D eigenvalue weighted by atomic mass is 16.5. The summed E-state index contributed by atoms with van der Waals surface area (Å²) in [6.07, 6.45) is 1.38. The van der Waals surface area contributed by atoms with E-state index in [1.165, 1.54) is 0 Å². The van der Waals surface area contributed by atoms with E-state index in [0.29, 0.717) is 12.1 Å². The van der Waals surface area contributed by atoms with Gasteiger partial charge < -0.3 is 15.8 Å². The van der Waals surface area contributed by atoms with E-state index in [2.05, 4.69) is 19.2 Å². The van der Waals surface area contributed by atoms with Crippen LogP contribution in [0.15, 0.2) is 18.2 Å². The van der Waals surface area contributed by atoms with E-state index in [1.54, 1.807) is 7.11 Å². The van der Waals surface area contributed by atoms with Crippen molar-refractivity contribution in [2.45, 2.75) is 39.3 Å². The van der Waals surface area contributed by atoms with E-state index < -0.39 is 0 Å². The molecule has 1 aromatic carbocycles. The Morgan fingerprint density at radius 1 is 1.41 bits per heavy atom. The number of anilines is 2. The zero-order valence-corrected chi connectivity index (χ0v) is 11.1. The van der Waals surface area contributed by atoms with Crippen LogP contribution in [0.1, 0.15) is 25.8 Å². The van der Waals surface area contributed by atoms with Crippen molar-refractivity contribution in [2.24, 2.45) is 5.41 Å². The molecule has 94 valence electrons. The van der Waals surface area contributed by atoms with Crippen LogP contribution in [0.4, 0.5) is 11.4 Å². The van der Waals surface area contributed by atoms with Gasteiger partial charge in [-0.2, -0.15) is 0 Å². The standard InChI is InChI=1S/C14H22N2O/c1-9-6-5-7-10(13(9)15)16-11-8-12(17-4)14(11,2)3/h5-7,11-12,16H,8,15H2,1-4H3. The average molecular weight is 234 g/mol. The van der Waals surface area contributed by atoms with Gasteiger partial charge in [0.25, 0.3) is 0 Å². The van der Waals surface area contributed by atoms with Crippen LogP contribution in [0.25, 0.3) is 0 Å². The van der Waals surface area contributed by atoms with Crippen LogP contribution < -0.4 is 11.1 Å². The summed E-state index contributed by atoms with van der Waals surface area (Å²) in [5.41, 5.74) is 9.24. The number of benzene rings is 1. The molecule has 1 aromatic rings. The van der Waals surface area contributed by atoms with Gasteiger partial charge in [0.15, 0.2) is 0 Å². The van der Waals surface area contributed by atoms with E-state index in [4.69, 9.17) is 10.5 Å². The lowest BCUT2D eigenvalue weighted by atomic mass is 9.64. The van der Waals surface area contributed by atoms with Gasteiger partial charge in [-0.05, 0) is 25.0 Å². The summed E-state index contributed by atoms with van der Waals surface area (Å²) in [6, 6.07) is 6.53. The molecular weight excluding hydrogens is 212 g/mol. The number of nitrogens with two attached hydrogens (primary N) is 1. The maximum absolute atomic E-state index is 6.07. The van der Waals surface area contributed by atoms with Gasteiger partial charge in [0.2, 0.25) is 0 Å².